The molecule has 0 atom stereocenters. The van der Waals surface area contributed by atoms with E-state index in [9.17, 15) is 0 Å². The Morgan fingerprint density at radius 2 is 2.12 bits per heavy atom. The maximum absolute atomic E-state index is 5.80. The lowest BCUT2D eigenvalue weighted by atomic mass is 10.1. The molecule has 4 nitrogen and oxygen atoms in total. The van der Waals surface area contributed by atoms with Gasteiger partial charge in [-0.2, -0.15) is 0 Å². The Hall–Kier alpha value is -1.00. The van der Waals surface area contributed by atoms with Crippen LogP contribution in [0.2, 0.25) is 0 Å². The van der Waals surface area contributed by atoms with Crippen LogP contribution in [0.15, 0.2) is 18.3 Å². The highest BCUT2D eigenvalue weighted by Crippen LogP contribution is 2.25. The van der Waals surface area contributed by atoms with Gasteiger partial charge in [0.1, 0.15) is 6.10 Å². The molecule has 1 aromatic heterocycles. The first-order chi connectivity index (χ1) is 7.40. The van der Waals surface area contributed by atoms with Gasteiger partial charge in [-0.05, 0) is 38.1 Å². The Kier molecular flexibility index (Phi) is 5.35. The first kappa shape index (κ1) is 13.1. The Morgan fingerprint density at radius 3 is 2.81 bits per heavy atom. The minimum absolute atomic E-state index is 0. The third-order valence-corrected chi connectivity index (χ3v) is 2.52. The van der Waals surface area contributed by atoms with Gasteiger partial charge in [-0.25, -0.2) is 4.98 Å². The van der Waals surface area contributed by atoms with Crippen molar-refractivity contribution in [3.63, 3.8) is 0 Å². The largest absolute Gasteiger partial charge is 0.491 e. The van der Waals surface area contributed by atoms with Crippen LogP contribution in [0, 0.1) is 0 Å². The van der Waals surface area contributed by atoms with Crippen molar-refractivity contribution in [3.05, 3.63) is 18.3 Å². The van der Waals surface area contributed by atoms with E-state index in [0.29, 0.717) is 11.6 Å². The van der Waals surface area contributed by atoms with E-state index in [1.54, 1.807) is 13.3 Å². The van der Waals surface area contributed by atoms with Crippen molar-refractivity contribution in [2.45, 2.75) is 18.9 Å². The second-order valence-corrected chi connectivity index (χ2v) is 3.58. The number of hydrogen-bond donors (Lipinski definition) is 1. The molecule has 1 fully saturated rings. The lowest BCUT2D eigenvalue weighted by Crippen LogP contribution is -2.34. The van der Waals surface area contributed by atoms with Crippen LogP contribution in [0.5, 0.6) is 11.6 Å². The average molecular weight is 245 g/mol. The molecular formula is C11H17ClN2O2. The molecule has 0 amide bonds. The monoisotopic (exact) mass is 244 g/mol. The van der Waals surface area contributed by atoms with E-state index >= 15 is 0 Å². The van der Waals surface area contributed by atoms with Gasteiger partial charge < -0.3 is 14.8 Å². The smallest absolute Gasteiger partial charge is 0.257 e. The number of rotatable bonds is 3. The summed E-state index contributed by atoms with van der Waals surface area (Å²) in [6.45, 7) is 2.03. The first-order valence-corrected chi connectivity index (χ1v) is 5.26. The number of nitrogens with zero attached hydrogens (tertiary/aromatic N) is 1. The predicted molar refractivity (Wildman–Crippen MR) is 64.6 cm³/mol. The minimum atomic E-state index is 0. The molecule has 1 aliphatic heterocycles. The van der Waals surface area contributed by atoms with Gasteiger partial charge in [0.15, 0.2) is 5.75 Å². The molecule has 0 aromatic carbocycles. The number of halogens is 1. The van der Waals surface area contributed by atoms with Crippen LogP contribution in [0.25, 0.3) is 0 Å². The molecule has 0 bridgehead atoms. The molecule has 16 heavy (non-hydrogen) atoms. The summed E-state index contributed by atoms with van der Waals surface area (Å²) in [7, 11) is 1.63. The number of methoxy groups -OCH3 is 1. The summed E-state index contributed by atoms with van der Waals surface area (Å²) in [5, 5.41) is 3.30. The number of ether oxygens (including phenoxy) is 2. The van der Waals surface area contributed by atoms with Crippen LogP contribution in [0.3, 0.4) is 0 Å². The fourth-order valence-corrected chi connectivity index (χ4v) is 1.69. The van der Waals surface area contributed by atoms with E-state index in [1.165, 1.54) is 0 Å². The lowest BCUT2D eigenvalue weighted by molar-refractivity contribution is 0.150. The van der Waals surface area contributed by atoms with Gasteiger partial charge in [0.2, 0.25) is 0 Å². The number of nitrogens with one attached hydrogen (secondary N) is 1. The van der Waals surface area contributed by atoms with Crippen LogP contribution in [0.4, 0.5) is 0 Å². The highest BCUT2D eigenvalue weighted by atomic mass is 35.5. The summed E-state index contributed by atoms with van der Waals surface area (Å²) >= 11 is 0. The van der Waals surface area contributed by atoms with E-state index in [-0.39, 0.29) is 18.5 Å². The van der Waals surface area contributed by atoms with Crippen molar-refractivity contribution in [2.75, 3.05) is 20.2 Å². The maximum atomic E-state index is 5.80. The summed E-state index contributed by atoms with van der Waals surface area (Å²) in [5.74, 6) is 1.31. The van der Waals surface area contributed by atoms with E-state index < -0.39 is 0 Å². The van der Waals surface area contributed by atoms with Crippen LogP contribution >= 0.6 is 12.4 Å². The van der Waals surface area contributed by atoms with Crippen molar-refractivity contribution in [1.29, 1.82) is 0 Å². The van der Waals surface area contributed by atoms with Crippen molar-refractivity contribution in [1.82, 2.24) is 10.3 Å². The molecule has 0 radical (unpaired) electrons. The molecule has 2 heterocycles. The lowest BCUT2D eigenvalue weighted by Gasteiger charge is -2.23. The molecule has 5 heteroatoms. The van der Waals surface area contributed by atoms with Gasteiger partial charge in [0.25, 0.3) is 5.88 Å². The van der Waals surface area contributed by atoms with Crippen LogP contribution in [0.1, 0.15) is 12.8 Å². The zero-order valence-electron chi connectivity index (χ0n) is 9.31. The molecule has 0 unspecified atom stereocenters. The number of pyridine rings is 1. The van der Waals surface area contributed by atoms with Gasteiger partial charge >= 0.3 is 0 Å². The quantitative estimate of drug-likeness (QED) is 0.878. The second-order valence-electron chi connectivity index (χ2n) is 3.58. The fraction of sp³-hybridized carbons (Fsp3) is 0.545. The van der Waals surface area contributed by atoms with Crippen LogP contribution in [-0.2, 0) is 0 Å². The average Bonchev–Trinajstić information content (AvgIpc) is 2.31. The van der Waals surface area contributed by atoms with E-state index in [1.807, 2.05) is 12.1 Å². The standard InChI is InChI=1S/C11H16N2O2.ClH/c1-14-10-3-2-6-13-11(10)15-9-4-7-12-8-5-9;/h2-3,6,9,12H,4-5,7-8H2,1H3;1H. The van der Waals surface area contributed by atoms with Crippen molar-refractivity contribution in [3.8, 4) is 11.6 Å². The Labute approximate surface area is 102 Å². The third-order valence-electron chi connectivity index (χ3n) is 2.52. The molecule has 0 aliphatic carbocycles. The molecule has 0 spiro atoms. The number of hydrogen-bond acceptors (Lipinski definition) is 4. The predicted octanol–water partition coefficient (Wildman–Crippen LogP) is 1.64. The van der Waals surface area contributed by atoms with E-state index in [4.69, 9.17) is 9.47 Å². The highest BCUT2D eigenvalue weighted by Gasteiger charge is 2.16. The Morgan fingerprint density at radius 1 is 1.38 bits per heavy atom. The van der Waals surface area contributed by atoms with E-state index in [2.05, 4.69) is 10.3 Å². The number of piperidine rings is 1. The molecule has 1 N–H and O–H groups in total. The first-order valence-electron chi connectivity index (χ1n) is 5.26. The summed E-state index contributed by atoms with van der Waals surface area (Å²) in [4.78, 5) is 4.18. The van der Waals surface area contributed by atoms with Crippen molar-refractivity contribution >= 4 is 12.4 Å². The molecule has 1 aliphatic rings. The zero-order valence-corrected chi connectivity index (χ0v) is 10.1. The van der Waals surface area contributed by atoms with Gasteiger partial charge in [0, 0.05) is 6.20 Å². The molecular weight excluding hydrogens is 228 g/mol. The summed E-state index contributed by atoms with van der Waals surface area (Å²) in [6.07, 6.45) is 4.04. The van der Waals surface area contributed by atoms with Crippen molar-refractivity contribution < 1.29 is 9.47 Å². The topological polar surface area (TPSA) is 43.4 Å². The Balaban J connectivity index is 0.00000128. The number of aromatic nitrogens is 1. The van der Waals surface area contributed by atoms with Crippen molar-refractivity contribution in [2.24, 2.45) is 0 Å². The minimum Gasteiger partial charge on any atom is -0.491 e. The zero-order chi connectivity index (χ0) is 10.5. The highest BCUT2D eigenvalue weighted by molar-refractivity contribution is 5.85. The van der Waals surface area contributed by atoms with Gasteiger partial charge in [0.05, 0.1) is 7.11 Å². The second kappa shape index (κ2) is 6.55. The molecule has 2 rings (SSSR count). The van der Waals surface area contributed by atoms with Crippen LogP contribution < -0.4 is 14.8 Å². The van der Waals surface area contributed by atoms with Gasteiger partial charge in [-0.1, -0.05) is 0 Å². The van der Waals surface area contributed by atoms with Crippen LogP contribution in [-0.4, -0.2) is 31.3 Å². The molecule has 0 saturated carbocycles. The third kappa shape index (κ3) is 3.25. The SMILES string of the molecule is COc1cccnc1OC1CCNCC1.Cl. The maximum Gasteiger partial charge on any atom is 0.257 e. The summed E-state index contributed by atoms with van der Waals surface area (Å²) in [6, 6.07) is 3.71. The fourth-order valence-electron chi connectivity index (χ4n) is 1.69. The molecule has 90 valence electrons. The normalized spacial score (nSPS) is 16.3. The molecule has 1 saturated heterocycles. The molecule has 1 aromatic rings. The van der Waals surface area contributed by atoms with Gasteiger partial charge in [-0.15, -0.1) is 12.4 Å². The Bertz CT molecular complexity index is 317. The summed E-state index contributed by atoms with van der Waals surface area (Å²) in [5.41, 5.74) is 0. The summed E-state index contributed by atoms with van der Waals surface area (Å²) < 4.78 is 11.0. The van der Waals surface area contributed by atoms with Gasteiger partial charge in [-0.3, -0.25) is 0 Å². The van der Waals surface area contributed by atoms with E-state index in [0.717, 1.165) is 25.9 Å².